The lowest BCUT2D eigenvalue weighted by Gasteiger charge is -2.50. The molecule has 1 aliphatic heterocycles. The van der Waals surface area contributed by atoms with Crippen molar-refractivity contribution in [3.8, 4) is 142 Å². The first-order valence-electron chi connectivity index (χ1n) is 19.3. The van der Waals surface area contributed by atoms with Gasteiger partial charge in [-0.25, -0.2) is 4.79 Å². The highest BCUT2D eigenvalue weighted by Crippen LogP contribution is 2.34. The summed E-state index contributed by atoms with van der Waals surface area (Å²) < 4.78 is 11.1. The topological polar surface area (TPSA) is 91.9 Å². The molecule has 1 saturated heterocycles. The molecule has 3 aliphatic carbocycles. The molecule has 0 radical (unpaired) electrons. The number of hydrogen-bond donors (Lipinski definition) is 4. The number of esters is 1. The van der Waals surface area contributed by atoms with Crippen molar-refractivity contribution in [1.29, 1.82) is 0 Å². The highest BCUT2D eigenvalue weighted by molar-refractivity contribution is 5.89. The number of aliphatic hydroxyl groups is 1. The summed E-state index contributed by atoms with van der Waals surface area (Å²) in [6, 6.07) is 0. The summed E-state index contributed by atoms with van der Waals surface area (Å²) in [6.07, 6.45) is 15.3. The SMILES string of the molecule is CC#CC#CC#CC#CC#CC#CC#CC#CC#CC#CC#CC#CC(=O)OCCOC1CCC(C2NC(C3CCCCC3)NC(C3CCCCC3)N2)C(O)C1. The third-order valence-corrected chi connectivity index (χ3v) is 9.84. The second-order valence-corrected chi connectivity index (χ2v) is 13.5. The van der Waals surface area contributed by atoms with Crippen molar-refractivity contribution in [2.24, 2.45) is 17.8 Å². The summed E-state index contributed by atoms with van der Waals surface area (Å²) >= 11 is 0. The van der Waals surface area contributed by atoms with Crippen LogP contribution in [0.2, 0.25) is 0 Å². The van der Waals surface area contributed by atoms with Crippen LogP contribution in [0.1, 0.15) is 90.4 Å². The summed E-state index contributed by atoms with van der Waals surface area (Å²) in [5.74, 6) is 60.9. The van der Waals surface area contributed by atoms with E-state index in [-0.39, 0.29) is 43.7 Å². The summed E-state index contributed by atoms with van der Waals surface area (Å²) in [5.41, 5.74) is 0. The monoisotopic (exact) mass is 739 g/mol. The summed E-state index contributed by atoms with van der Waals surface area (Å²) in [5, 5.41) is 23.0. The minimum Gasteiger partial charge on any atom is -0.454 e. The van der Waals surface area contributed by atoms with E-state index in [9.17, 15) is 9.90 Å². The van der Waals surface area contributed by atoms with Gasteiger partial charge in [0.15, 0.2) is 0 Å². The molecule has 0 bridgehead atoms. The molecule has 0 aromatic heterocycles. The Hall–Kier alpha value is -6.01. The molecule has 4 N–H and O–H groups in total. The first kappa shape index (κ1) is 42.7. The summed E-state index contributed by atoms with van der Waals surface area (Å²) in [4.78, 5) is 12.0. The van der Waals surface area contributed by atoms with Crippen molar-refractivity contribution in [2.45, 2.75) is 121 Å². The molecule has 4 aliphatic rings. The normalized spacial score (nSPS) is 23.3. The molecule has 4 fully saturated rings. The van der Waals surface area contributed by atoms with E-state index in [0.29, 0.717) is 18.3 Å². The number of aliphatic hydroxyl groups excluding tert-OH is 1. The quantitative estimate of drug-likeness (QED) is 0.138. The van der Waals surface area contributed by atoms with Gasteiger partial charge in [0.05, 0.1) is 37.3 Å². The van der Waals surface area contributed by atoms with Crippen LogP contribution in [0, 0.1) is 160 Å². The highest BCUT2D eigenvalue weighted by Gasteiger charge is 2.42. The minimum absolute atomic E-state index is 0.0698. The molecule has 5 atom stereocenters. The van der Waals surface area contributed by atoms with E-state index < -0.39 is 12.1 Å². The molecule has 0 spiro atoms. The minimum atomic E-state index is -0.699. The van der Waals surface area contributed by atoms with Gasteiger partial charge in [-0.2, -0.15) is 0 Å². The van der Waals surface area contributed by atoms with Gasteiger partial charge in [-0.15, -0.1) is 0 Å². The van der Waals surface area contributed by atoms with Gasteiger partial charge in [0.25, 0.3) is 0 Å². The maximum absolute atomic E-state index is 12.0. The van der Waals surface area contributed by atoms with Crippen LogP contribution >= 0.6 is 0 Å². The van der Waals surface area contributed by atoms with E-state index in [4.69, 9.17) is 9.47 Å². The number of ether oxygens (including phenoxy) is 2. The number of nitrogens with one attached hydrogen (secondary N) is 3. The Kier molecular flexibility index (Phi) is 20.4. The number of carbonyl (C=O) groups excluding carboxylic acids is 1. The Labute approximate surface area is 334 Å². The van der Waals surface area contributed by atoms with Gasteiger partial charge in [0.2, 0.25) is 0 Å². The molecular weight excluding hydrogens is 695 g/mol. The van der Waals surface area contributed by atoms with Gasteiger partial charge < -0.3 is 14.6 Å². The summed E-state index contributed by atoms with van der Waals surface area (Å²) in [7, 11) is 0. The zero-order valence-electron chi connectivity index (χ0n) is 31.9. The van der Waals surface area contributed by atoms with Crippen LogP contribution in [0.25, 0.3) is 0 Å². The lowest BCUT2D eigenvalue weighted by molar-refractivity contribution is -0.139. The van der Waals surface area contributed by atoms with Crippen molar-refractivity contribution >= 4 is 5.97 Å². The molecule has 280 valence electrons. The first-order chi connectivity index (χ1) is 27.6. The highest BCUT2D eigenvalue weighted by atomic mass is 16.6. The summed E-state index contributed by atoms with van der Waals surface area (Å²) in [6.45, 7) is 2.00. The van der Waals surface area contributed by atoms with Crippen molar-refractivity contribution in [3.05, 3.63) is 0 Å². The smallest absolute Gasteiger partial charge is 0.385 e. The Morgan fingerprint density at radius 1 is 0.518 bits per heavy atom. The van der Waals surface area contributed by atoms with Crippen LogP contribution in [0.15, 0.2) is 0 Å². The van der Waals surface area contributed by atoms with Gasteiger partial charge in [0, 0.05) is 47.4 Å². The van der Waals surface area contributed by atoms with Gasteiger partial charge in [-0.3, -0.25) is 16.0 Å². The maximum Gasteiger partial charge on any atom is 0.385 e. The van der Waals surface area contributed by atoms with Crippen molar-refractivity contribution < 1.29 is 19.4 Å². The van der Waals surface area contributed by atoms with Crippen molar-refractivity contribution in [2.75, 3.05) is 13.2 Å². The Morgan fingerprint density at radius 2 is 0.929 bits per heavy atom. The molecule has 7 heteroatoms. The average Bonchev–Trinajstić information content (AvgIpc) is 3.23. The van der Waals surface area contributed by atoms with E-state index in [0.717, 1.165) is 12.8 Å². The molecule has 0 aromatic carbocycles. The maximum atomic E-state index is 12.0. The van der Waals surface area contributed by atoms with Gasteiger partial charge in [-0.1, -0.05) is 44.4 Å². The van der Waals surface area contributed by atoms with E-state index >= 15 is 0 Å². The van der Waals surface area contributed by atoms with E-state index in [1.165, 1.54) is 64.2 Å². The fraction of sp³-hybridized carbons (Fsp3) is 0.490. The van der Waals surface area contributed by atoms with Crippen LogP contribution in [0.5, 0.6) is 0 Å². The third-order valence-electron chi connectivity index (χ3n) is 9.84. The van der Waals surface area contributed by atoms with Crippen LogP contribution in [0.3, 0.4) is 0 Å². The molecule has 0 aromatic rings. The van der Waals surface area contributed by atoms with Gasteiger partial charge in [0.1, 0.15) is 6.61 Å². The van der Waals surface area contributed by atoms with Gasteiger partial charge in [-0.05, 0) is 158 Å². The van der Waals surface area contributed by atoms with Gasteiger partial charge >= 0.3 is 5.97 Å². The molecular formula is C49H45N3O4. The molecule has 1 heterocycles. The number of carbonyl (C=O) groups is 1. The lowest BCUT2D eigenvalue weighted by Crippen LogP contribution is -2.73. The molecule has 56 heavy (non-hydrogen) atoms. The molecule has 0 amide bonds. The molecule has 5 unspecified atom stereocenters. The Bertz CT molecular complexity index is 2130. The first-order valence-corrected chi connectivity index (χ1v) is 19.3. The van der Waals surface area contributed by atoms with E-state index in [1.807, 2.05) is 0 Å². The predicted octanol–water partition coefficient (Wildman–Crippen LogP) is 3.06. The van der Waals surface area contributed by atoms with Crippen LogP contribution in [-0.4, -0.2) is 55.0 Å². The third kappa shape index (κ3) is 17.0. The largest absolute Gasteiger partial charge is 0.454 e. The molecule has 4 rings (SSSR count). The van der Waals surface area contributed by atoms with Crippen molar-refractivity contribution in [1.82, 2.24) is 16.0 Å². The molecule has 7 nitrogen and oxygen atoms in total. The fourth-order valence-corrected chi connectivity index (χ4v) is 7.28. The predicted molar refractivity (Wildman–Crippen MR) is 217 cm³/mol. The zero-order valence-corrected chi connectivity index (χ0v) is 31.9. The van der Waals surface area contributed by atoms with E-state index in [1.54, 1.807) is 6.92 Å². The second kappa shape index (κ2) is 26.7. The van der Waals surface area contributed by atoms with Crippen LogP contribution in [0.4, 0.5) is 0 Å². The molecule has 3 saturated carbocycles. The van der Waals surface area contributed by atoms with Crippen molar-refractivity contribution in [3.63, 3.8) is 0 Å². The Balaban J connectivity index is 1.10. The lowest BCUT2D eigenvalue weighted by atomic mass is 9.79. The van der Waals surface area contributed by atoms with Crippen LogP contribution < -0.4 is 16.0 Å². The van der Waals surface area contributed by atoms with E-state index in [2.05, 4.69) is 158 Å². The fourth-order valence-electron chi connectivity index (χ4n) is 7.28. The second-order valence-electron chi connectivity index (χ2n) is 13.5. The average molecular weight is 740 g/mol. The standard InChI is InChI=1S/C49H45N3O4/c1-2-3-4-5-6-7-8-9-10-11-12-13-14-15-16-17-18-19-20-21-22-23-30-35-46(54)56-39-38-55-43-36-37-44(45(53)40-43)49-51-47(41-31-26-24-27-32-41)50-48(52-49)42-33-28-25-29-34-42/h41-45,47-53H,24-29,31-34,36-40H2,1H3. The zero-order chi connectivity index (χ0) is 39.3. The Morgan fingerprint density at radius 3 is 1.36 bits per heavy atom. The number of rotatable bonds is 7. The number of hydrogen-bond acceptors (Lipinski definition) is 7. The van der Waals surface area contributed by atoms with Crippen LogP contribution in [-0.2, 0) is 14.3 Å².